The summed E-state index contributed by atoms with van der Waals surface area (Å²) in [5.41, 5.74) is 0.942. The van der Waals surface area contributed by atoms with Crippen molar-refractivity contribution in [2.45, 2.75) is 18.4 Å². The van der Waals surface area contributed by atoms with Crippen LogP contribution in [0.5, 0.6) is 0 Å². The van der Waals surface area contributed by atoms with E-state index in [0.29, 0.717) is 29.6 Å². The van der Waals surface area contributed by atoms with Gasteiger partial charge < -0.3 is 9.30 Å². The number of para-hydroxylation sites is 1. The number of fused-ring (bicyclic) bond motifs is 1. The molecule has 0 aliphatic heterocycles. The van der Waals surface area contributed by atoms with Gasteiger partial charge in [0.05, 0.1) is 21.7 Å². The third-order valence-electron chi connectivity index (χ3n) is 3.56. The number of sulfonamides is 1. The van der Waals surface area contributed by atoms with Crippen molar-refractivity contribution in [1.82, 2.24) is 4.57 Å². The molecule has 0 radical (unpaired) electrons. The van der Waals surface area contributed by atoms with Crippen LogP contribution in [0.4, 0.5) is 0 Å². The molecule has 1 heterocycles. The van der Waals surface area contributed by atoms with Crippen LogP contribution in [0.1, 0.15) is 6.92 Å². The Bertz CT molecular complexity index is 1040. The normalized spacial score (nSPS) is 12.8. The lowest BCUT2D eigenvalue weighted by Crippen LogP contribution is -2.19. The predicted octanol–water partition coefficient (Wildman–Crippen LogP) is 3.68. The third-order valence-corrected chi connectivity index (χ3v) is 6.27. The lowest BCUT2D eigenvalue weighted by Gasteiger charge is -2.05. The minimum atomic E-state index is -3.82. The lowest BCUT2D eigenvalue weighted by molar-refractivity contribution is 0.139. The average Bonchev–Trinajstić information content (AvgIpc) is 2.92. The Morgan fingerprint density at radius 3 is 2.60 bits per heavy atom. The highest BCUT2D eigenvalue weighted by Gasteiger charge is 2.14. The quantitative estimate of drug-likeness (QED) is 0.597. The Balaban J connectivity index is 2.11. The number of halogens is 1. The molecule has 0 amide bonds. The molecular weight excluding hydrogens is 380 g/mol. The highest BCUT2D eigenvalue weighted by atomic mass is 35.5. The van der Waals surface area contributed by atoms with Crippen LogP contribution in [0.2, 0.25) is 5.02 Å². The molecule has 0 aliphatic carbocycles. The Labute approximate surface area is 155 Å². The fourth-order valence-corrected chi connectivity index (χ4v) is 4.75. The molecular formula is C17H17ClN2O3S2. The third kappa shape index (κ3) is 4.12. The topological polar surface area (TPSA) is 60.7 Å². The molecule has 0 bridgehead atoms. The van der Waals surface area contributed by atoms with E-state index in [9.17, 15) is 8.42 Å². The van der Waals surface area contributed by atoms with Crippen LogP contribution in [0.3, 0.4) is 0 Å². The first kappa shape index (κ1) is 18.1. The first-order valence-corrected chi connectivity index (χ1v) is 10.4. The van der Waals surface area contributed by atoms with Crippen molar-refractivity contribution in [3.63, 3.8) is 0 Å². The fraction of sp³-hybridized carbons (Fsp3) is 0.235. The predicted molar refractivity (Wildman–Crippen MR) is 101 cm³/mol. The van der Waals surface area contributed by atoms with Crippen LogP contribution in [-0.2, 0) is 21.3 Å². The van der Waals surface area contributed by atoms with E-state index in [4.69, 9.17) is 16.3 Å². The number of aromatic nitrogens is 1. The summed E-state index contributed by atoms with van der Waals surface area (Å²) in [7, 11) is -3.82. The number of rotatable bonds is 6. The van der Waals surface area contributed by atoms with E-state index in [0.717, 1.165) is 10.2 Å². The van der Waals surface area contributed by atoms with Gasteiger partial charge in [-0.3, -0.25) is 0 Å². The van der Waals surface area contributed by atoms with Crippen molar-refractivity contribution in [3.8, 4) is 0 Å². The highest BCUT2D eigenvalue weighted by Crippen LogP contribution is 2.19. The Kier molecular flexibility index (Phi) is 5.58. The van der Waals surface area contributed by atoms with E-state index in [1.54, 1.807) is 0 Å². The van der Waals surface area contributed by atoms with Crippen molar-refractivity contribution in [2.24, 2.45) is 4.40 Å². The summed E-state index contributed by atoms with van der Waals surface area (Å²) in [6.45, 7) is 3.56. The van der Waals surface area contributed by atoms with Gasteiger partial charge in [0.1, 0.15) is 0 Å². The molecule has 0 N–H and O–H groups in total. The second-order valence-electron chi connectivity index (χ2n) is 5.22. The Morgan fingerprint density at radius 1 is 1.16 bits per heavy atom. The van der Waals surface area contributed by atoms with Gasteiger partial charge in [-0.05, 0) is 43.3 Å². The van der Waals surface area contributed by atoms with Crippen LogP contribution in [0.25, 0.3) is 10.2 Å². The molecule has 0 atom stereocenters. The molecule has 1 aromatic heterocycles. The number of nitrogens with zero attached hydrogens (tertiary/aromatic N) is 2. The van der Waals surface area contributed by atoms with Crippen LogP contribution in [0, 0.1) is 0 Å². The van der Waals surface area contributed by atoms with E-state index in [1.165, 1.54) is 35.6 Å². The SMILES string of the molecule is CCOCCn1c(=NS(=O)(=O)c2ccc(Cl)cc2)sc2ccccc21. The zero-order valence-electron chi connectivity index (χ0n) is 13.6. The molecule has 5 nitrogen and oxygen atoms in total. The van der Waals surface area contributed by atoms with Gasteiger partial charge in [0.15, 0.2) is 0 Å². The number of hydrogen-bond donors (Lipinski definition) is 0. The van der Waals surface area contributed by atoms with Crippen molar-refractivity contribution < 1.29 is 13.2 Å². The van der Waals surface area contributed by atoms with Crippen LogP contribution in [-0.4, -0.2) is 26.2 Å². The van der Waals surface area contributed by atoms with E-state index in [-0.39, 0.29) is 4.90 Å². The minimum Gasteiger partial charge on any atom is -0.380 e. The largest absolute Gasteiger partial charge is 0.380 e. The molecule has 2 aromatic carbocycles. The van der Waals surface area contributed by atoms with Crippen molar-refractivity contribution >= 4 is 43.2 Å². The van der Waals surface area contributed by atoms with Crippen LogP contribution >= 0.6 is 22.9 Å². The highest BCUT2D eigenvalue weighted by molar-refractivity contribution is 7.90. The fourth-order valence-electron chi connectivity index (χ4n) is 2.37. The molecule has 0 unspecified atom stereocenters. The number of thiazole rings is 1. The van der Waals surface area contributed by atoms with Gasteiger partial charge in [-0.15, -0.1) is 4.40 Å². The minimum absolute atomic E-state index is 0.116. The second kappa shape index (κ2) is 7.70. The van der Waals surface area contributed by atoms with Gasteiger partial charge in [0, 0.05) is 18.2 Å². The molecule has 0 spiro atoms. The van der Waals surface area contributed by atoms with Gasteiger partial charge in [-0.1, -0.05) is 35.1 Å². The van der Waals surface area contributed by atoms with Crippen LogP contribution < -0.4 is 4.80 Å². The van der Waals surface area contributed by atoms with Crippen molar-refractivity contribution in [2.75, 3.05) is 13.2 Å². The van der Waals surface area contributed by atoms with E-state index in [2.05, 4.69) is 4.40 Å². The van der Waals surface area contributed by atoms with Gasteiger partial charge in [0.25, 0.3) is 10.0 Å². The lowest BCUT2D eigenvalue weighted by atomic mass is 10.3. The maximum absolute atomic E-state index is 12.6. The summed E-state index contributed by atoms with van der Waals surface area (Å²) in [5, 5.41) is 0.479. The van der Waals surface area contributed by atoms with Crippen LogP contribution in [0.15, 0.2) is 57.8 Å². The van der Waals surface area contributed by atoms with Gasteiger partial charge in [0.2, 0.25) is 4.80 Å². The molecule has 132 valence electrons. The standard InChI is InChI=1S/C17H17ClN2O3S2/c1-2-23-12-11-20-15-5-3-4-6-16(15)24-17(20)19-25(21,22)14-9-7-13(18)8-10-14/h3-10H,2,11-12H2,1H3. The number of hydrogen-bond acceptors (Lipinski definition) is 4. The van der Waals surface area contributed by atoms with Crippen molar-refractivity contribution in [3.05, 3.63) is 58.4 Å². The molecule has 3 aromatic rings. The Hall–Kier alpha value is -1.67. The molecule has 25 heavy (non-hydrogen) atoms. The zero-order chi connectivity index (χ0) is 17.9. The van der Waals surface area contributed by atoms with E-state index >= 15 is 0 Å². The summed E-state index contributed by atoms with van der Waals surface area (Å²) in [6, 6.07) is 13.7. The maximum atomic E-state index is 12.6. The molecule has 0 saturated carbocycles. The molecule has 0 saturated heterocycles. The molecule has 8 heteroatoms. The van der Waals surface area contributed by atoms with Gasteiger partial charge in [-0.25, -0.2) is 0 Å². The number of benzene rings is 2. The van der Waals surface area contributed by atoms with Gasteiger partial charge >= 0.3 is 0 Å². The summed E-state index contributed by atoms with van der Waals surface area (Å²) >= 11 is 7.17. The zero-order valence-corrected chi connectivity index (χ0v) is 15.9. The summed E-state index contributed by atoms with van der Waals surface area (Å²) in [6.07, 6.45) is 0. The average molecular weight is 397 g/mol. The second-order valence-corrected chi connectivity index (χ2v) is 8.27. The summed E-state index contributed by atoms with van der Waals surface area (Å²) in [4.78, 5) is 0.543. The molecule has 0 fully saturated rings. The van der Waals surface area contributed by atoms with Gasteiger partial charge in [-0.2, -0.15) is 8.42 Å². The monoisotopic (exact) mass is 396 g/mol. The first-order valence-electron chi connectivity index (χ1n) is 7.74. The number of ether oxygens (including phenoxy) is 1. The molecule has 0 aliphatic rings. The smallest absolute Gasteiger partial charge is 0.285 e. The van der Waals surface area contributed by atoms with Crippen molar-refractivity contribution in [1.29, 1.82) is 0 Å². The summed E-state index contributed by atoms with van der Waals surface area (Å²) < 4.78 is 37.6. The van der Waals surface area contributed by atoms with E-state index < -0.39 is 10.0 Å². The molecule has 3 rings (SSSR count). The summed E-state index contributed by atoms with van der Waals surface area (Å²) in [5.74, 6) is 0. The Morgan fingerprint density at radius 2 is 1.88 bits per heavy atom. The maximum Gasteiger partial charge on any atom is 0.285 e. The van der Waals surface area contributed by atoms with E-state index in [1.807, 2.05) is 35.8 Å². The first-order chi connectivity index (χ1) is 12.0.